The molecule has 4 fully saturated rings. The van der Waals surface area contributed by atoms with Gasteiger partial charge >= 0.3 is 6.09 Å². The highest BCUT2D eigenvalue weighted by Crippen LogP contribution is 2.48. The second-order valence-corrected chi connectivity index (χ2v) is 18.0. The van der Waals surface area contributed by atoms with Gasteiger partial charge in [-0.3, -0.25) is 19.1 Å². The molecule has 2 unspecified atom stereocenters. The lowest BCUT2D eigenvalue weighted by molar-refractivity contribution is -0.136. The van der Waals surface area contributed by atoms with E-state index in [9.17, 15) is 27.6 Å². The van der Waals surface area contributed by atoms with Gasteiger partial charge in [-0.2, -0.15) is 4.80 Å². The summed E-state index contributed by atoms with van der Waals surface area (Å²) in [4.78, 5) is 57.1. The number of tetrazole rings is 1. The second kappa shape index (κ2) is 16.6. The average molecular weight is 796 g/mol. The Balaban J connectivity index is 1.16. The number of ketones is 1. The predicted octanol–water partition coefficient (Wildman–Crippen LogP) is 4.63. The molecule has 7 rings (SSSR count). The Morgan fingerprint density at radius 1 is 0.982 bits per heavy atom. The maximum absolute atomic E-state index is 14.6. The molecule has 3 N–H and O–H groups in total. The summed E-state index contributed by atoms with van der Waals surface area (Å²) in [6, 6.07) is 15.5. The van der Waals surface area contributed by atoms with Crippen LogP contribution < -0.4 is 15.4 Å². The molecule has 57 heavy (non-hydrogen) atoms. The van der Waals surface area contributed by atoms with Gasteiger partial charge in [-0.05, 0) is 106 Å². The third kappa shape index (κ3) is 8.96. The first kappa shape index (κ1) is 39.9. The number of hydrogen-bond acceptors (Lipinski definition) is 10. The van der Waals surface area contributed by atoms with Crippen molar-refractivity contribution in [3.63, 3.8) is 0 Å². The fraction of sp³-hybridized carbons (Fsp3) is 0.500. The quantitative estimate of drug-likeness (QED) is 0.153. The number of benzene rings is 2. The van der Waals surface area contributed by atoms with E-state index in [1.54, 1.807) is 6.08 Å². The van der Waals surface area contributed by atoms with E-state index in [1.165, 1.54) is 4.80 Å². The zero-order valence-electron chi connectivity index (χ0n) is 32.2. The third-order valence-electron chi connectivity index (χ3n) is 11.6. The minimum absolute atomic E-state index is 0.120. The number of Topliss-reactive ketones (excluding diaryl/α,β-unsaturated/α-hetero) is 1. The first-order chi connectivity index (χ1) is 27.4. The van der Waals surface area contributed by atoms with Gasteiger partial charge in [0.05, 0.1) is 17.3 Å². The molecule has 0 saturated heterocycles. The predicted molar refractivity (Wildman–Crippen MR) is 210 cm³/mol. The highest BCUT2D eigenvalue weighted by Gasteiger charge is 2.62. The average Bonchev–Trinajstić information content (AvgIpc) is 3.94. The molecule has 0 radical (unpaired) electrons. The zero-order chi connectivity index (χ0) is 40.3. The smallest absolute Gasteiger partial charge is 0.408 e. The molecular weight excluding hydrogens is 747 g/mol. The van der Waals surface area contributed by atoms with Crippen LogP contribution >= 0.6 is 0 Å². The van der Waals surface area contributed by atoms with Crippen LogP contribution in [-0.2, 0) is 29.1 Å². The van der Waals surface area contributed by atoms with Gasteiger partial charge in [-0.1, -0.05) is 62.1 Å². The van der Waals surface area contributed by atoms with Crippen LogP contribution in [0.25, 0.3) is 11.4 Å². The Kier molecular flexibility index (Phi) is 11.6. The van der Waals surface area contributed by atoms with E-state index in [4.69, 9.17) is 9.84 Å². The Labute approximate surface area is 333 Å². The number of carbonyl (C=O) groups is 4. The molecule has 6 atom stereocenters. The van der Waals surface area contributed by atoms with Crippen molar-refractivity contribution in [3.05, 3.63) is 78.4 Å². The Morgan fingerprint density at radius 2 is 1.68 bits per heavy atom. The van der Waals surface area contributed by atoms with Crippen LogP contribution in [0.15, 0.2) is 67.3 Å². The number of carbonyl (C=O) groups excluding carboxylic acids is 4. The second-order valence-electron chi connectivity index (χ2n) is 16.1. The molecule has 0 aliphatic heterocycles. The van der Waals surface area contributed by atoms with E-state index < -0.39 is 62.6 Å². The van der Waals surface area contributed by atoms with Gasteiger partial charge in [0.1, 0.15) is 11.6 Å². The minimum Gasteiger partial charge on any atom is -0.446 e. The molecule has 3 aromatic rings. The van der Waals surface area contributed by atoms with Gasteiger partial charge in [0, 0.05) is 28.5 Å². The number of amides is 3. The molecular formula is C42H49N7O7S. The largest absolute Gasteiger partial charge is 0.446 e. The molecule has 1 aromatic heterocycles. The molecule has 2 aromatic carbocycles. The lowest BCUT2D eigenvalue weighted by atomic mass is 9.84. The molecule has 14 nitrogen and oxygen atoms in total. The first-order valence-electron chi connectivity index (χ1n) is 19.8. The number of ether oxygens (including phenoxy) is 1. The van der Waals surface area contributed by atoms with Crippen molar-refractivity contribution in [1.29, 1.82) is 0 Å². The maximum atomic E-state index is 14.6. The zero-order valence-corrected chi connectivity index (χ0v) is 33.0. The maximum Gasteiger partial charge on any atom is 0.408 e. The summed E-state index contributed by atoms with van der Waals surface area (Å²) < 4.78 is 33.5. The van der Waals surface area contributed by atoms with Crippen molar-refractivity contribution >= 4 is 33.7 Å². The van der Waals surface area contributed by atoms with Crippen LogP contribution in [0.4, 0.5) is 4.79 Å². The van der Waals surface area contributed by atoms with Crippen LogP contribution in [-0.4, -0.2) is 75.3 Å². The van der Waals surface area contributed by atoms with Gasteiger partial charge in [0.15, 0.2) is 5.78 Å². The van der Waals surface area contributed by atoms with Crippen molar-refractivity contribution in [2.75, 3.05) is 0 Å². The standard InChI is InChI=1S/C42H49N7O7S/c1-4-12-29-25-42(29,40(52)47-57(54,55)32-21-22-32)44-39(51)35-24-30(23-34(35)37(50)36(26(2)3)43-41(53)56-31-16-9-10-17-31)49-46-38(45-48-49)33-18-11-8-15-28(33)20-19-27-13-6-5-7-14-27/h4-8,11,13-15,18,26,29-32,34-36H,1,9-10,12,16-17,21-25H2,2-3H3,(H,43,53)(H,44,51)(H,47,52)/t29-,30+,34?,35-,36?,42+/m1/s1. The Bertz CT molecular complexity index is 2190. The van der Waals surface area contributed by atoms with E-state index in [1.807, 2.05) is 68.4 Å². The van der Waals surface area contributed by atoms with Crippen LogP contribution in [0.1, 0.15) is 95.2 Å². The van der Waals surface area contributed by atoms with Gasteiger partial charge in [-0.25, -0.2) is 13.2 Å². The Hall–Kier alpha value is -5.36. The van der Waals surface area contributed by atoms with Gasteiger partial charge in [0.2, 0.25) is 21.8 Å². The summed E-state index contributed by atoms with van der Waals surface area (Å²) in [5.41, 5.74) is 0.719. The molecule has 15 heteroatoms. The highest BCUT2D eigenvalue weighted by atomic mass is 32.2. The third-order valence-corrected chi connectivity index (χ3v) is 13.4. The number of hydrogen-bond donors (Lipinski definition) is 3. The number of alkyl carbamates (subject to hydrolysis) is 1. The van der Waals surface area contributed by atoms with E-state index >= 15 is 0 Å². The number of allylic oxidation sites excluding steroid dienone is 1. The fourth-order valence-electron chi connectivity index (χ4n) is 8.15. The number of rotatable bonds is 14. The van der Waals surface area contributed by atoms with Crippen LogP contribution in [0.3, 0.4) is 0 Å². The van der Waals surface area contributed by atoms with E-state index in [0.29, 0.717) is 36.2 Å². The van der Waals surface area contributed by atoms with Crippen molar-refractivity contribution in [2.24, 2.45) is 23.7 Å². The lowest BCUT2D eigenvalue weighted by Gasteiger charge is -2.28. The molecule has 0 bridgehead atoms. The molecule has 4 saturated carbocycles. The summed E-state index contributed by atoms with van der Waals surface area (Å²) in [5.74, 6) is 2.36. The van der Waals surface area contributed by atoms with E-state index in [0.717, 1.165) is 31.2 Å². The monoisotopic (exact) mass is 795 g/mol. The fourth-order valence-corrected chi connectivity index (χ4v) is 9.52. The summed E-state index contributed by atoms with van der Waals surface area (Å²) in [6.45, 7) is 7.40. The van der Waals surface area contributed by atoms with Gasteiger partial charge in [0.25, 0.3) is 5.91 Å². The van der Waals surface area contributed by atoms with Crippen LogP contribution in [0.5, 0.6) is 0 Å². The lowest BCUT2D eigenvalue weighted by Crippen LogP contribution is -2.55. The summed E-state index contributed by atoms with van der Waals surface area (Å²) in [5, 5.41) is 18.5. The molecule has 0 spiro atoms. The van der Waals surface area contributed by atoms with Crippen molar-refractivity contribution < 1.29 is 32.3 Å². The number of nitrogens with one attached hydrogen (secondary N) is 3. The van der Waals surface area contributed by atoms with Crippen LogP contribution in [0, 0.1) is 35.5 Å². The molecule has 1 heterocycles. The normalized spacial score (nSPS) is 24.8. The van der Waals surface area contributed by atoms with Gasteiger partial charge < -0.3 is 15.4 Å². The van der Waals surface area contributed by atoms with E-state index in [2.05, 4.69) is 44.1 Å². The van der Waals surface area contributed by atoms with Crippen LogP contribution in [0.2, 0.25) is 0 Å². The topological polar surface area (TPSA) is 191 Å². The summed E-state index contributed by atoms with van der Waals surface area (Å²) in [7, 11) is -3.89. The first-order valence-corrected chi connectivity index (χ1v) is 21.4. The van der Waals surface area contributed by atoms with Crippen molar-refractivity contribution in [2.45, 2.75) is 107 Å². The molecule has 3 amide bonds. The van der Waals surface area contributed by atoms with Gasteiger partial charge in [-0.15, -0.1) is 16.8 Å². The number of nitrogens with zero attached hydrogens (tertiary/aromatic N) is 4. The molecule has 4 aliphatic carbocycles. The SMILES string of the molecule is C=CC[C@@H]1C[C@@]1(NC(=O)[C@@H]1C[C@@H](n2nnc(-c3ccccc3C#Cc3ccccc3)n2)CC1C(=O)C(NC(=O)OC1CCCC1)C(C)C)C(=O)NS(=O)(=O)C1CC1. The Morgan fingerprint density at radius 3 is 2.39 bits per heavy atom. The summed E-state index contributed by atoms with van der Waals surface area (Å²) in [6.07, 6.45) is 5.99. The highest BCUT2D eigenvalue weighted by molar-refractivity contribution is 7.91. The summed E-state index contributed by atoms with van der Waals surface area (Å²) >= 11 is 0. The number of aromatic nitrogens is 4. The van der Waals surface area contributed by atoms with E-state index in [-0.39, 0.29) is 43.0 Å². The molecule has 4 aliphatic rings. The number of sulfonamides is 1. The molecule has 300 valence electrons. The van der Waals surface area contributed by atoms with Crippen molar-refractivity contribution in [1.82, 2.24) is 35.6 Å². The minimum atomic E-state index is -3.89. The van der Waals surface area contributed by atoms with Crippen molar-refractivity contribution in [3.8, 4) is 23.2 Å².